The van der Waals surface area contributed by atoms with E-state index in [1.807, 2.05) is 31.5 Å². The van der Waals surface area contributed by atoms with E-state index < -0.39 is 21.8 Å². The van der Waals surface area contributed by atoms with Crippen LogP contribution in [0.5, 0.6) is 0 Å². The van der Waals surface area contributed by atoms with Crippen molar-refractivity contribution in [3.63, 3.8) is 0 Å². The van der Waals surface area contributed by atoms with Gasteiger partial charge >= 0.3 is 0 Å². The summed E-state index contributed by atoms with van der Waals surface area (Å²) in [5.41, 5.74) is 3.57. The molecule has 1 aromatic carbocycles. The zero-order valence-electron chi connectivity index (χ0n) is 14.9. The number of nitrogens with one attached hydrogen (secondary N) is 1. The molecule has 1 aliphatic rings. The molecular weight excluding hydrogens is 354 g/mol. The van der Waals surface area contributed by atoms with Gasteiger partial charge in [0.25, 0.3) is 11.8 Å². The van der Waals surface area contributed by atoms with Gasteiger partial charge in [-0.05, 0) is 37.6 Å². The third-order valence-corrected chi connectivity index (χ3v) is 6.13. The minimum Gasteiger partial charge on any atom is -0.352 e. The van der Waals surface area contributed by atoms with Gasteiger partial charge in [0, 0.05) is 31.5 Å². The molecule has 1 aromatic heterocycles. The van der Waals surface area contributed by atoms with E-state index in [1.165, 1.54) is 0 Å². The van der Waals surface area contributed by atoms with Crippen molar-refractivity contribution < 1.29 is 18.0 Å². The highest BCUT2D eigenvalue weighted by Gasteiger charge is 2.35. The molecule has 26 heavy (non-hydrogen) atoms. The average molecular weight is 375 g/mol. The Morgan fingerprint density at radius 1 is 1.04 bits per heavy atom. The summed E-state index contributed by atoms with van der Waals surface area (Å²) in [5.74, 6) is -1.23. The predicted octanol–water partition coefficient (Wildman–Crippen LogP) is 1.36. The maximum Gasteiger partial charge on any atom is 0.261 e. The van der Waals surface area contributed by atoms with E-state index in [0.717, 1.165) is 21.9 Å². The van der Waals surface area contributed by atoms with Gasteiger partial charge < -0.3 is 4.57 Å². The van der Waals surface area contributed by atoms with Gasteiger partial charge in [-0.25, -0.2) is 13.1 Å². The molecule has 2 heterocycles. The third-order valence-electron chi connectivity index (χ3n) is 4.82. The van der Waals surface area contributed by atoms with Crippen LogP contribution < -0.4 is 4.72 Å². The van der Waals surface area contributed by atoms with Crippen LogP contribution in [0.15, 0.2) is 30.3 Å². The molecule has 0 bridgehead atoms. The lowest BCUT2D eigenvalue weighted by molar-refractivity contribution is 0.0664. The maximum absolute atomic E-state index is 12.3. The molecule has 138 valence electrons. The monoisotopic (exact) mass is 375 g/mol. The summed E-state index contributed by atoms with van der Waals surface area (Å²) in [5, 5.41) is 0. The molecule has 2 aromatic rings. The van der Waals surface area contributed by atoms with Gasteiger partial charge in [0.05, 0.1) is 16.9 Å². The second-order valence-corrected chi connectivity index (χ2v) is 8.33. The van der Waals surface area contributed by atoms with Crippen LogP contribution in [0, 0.1) is 13.8 Å². The molecule has 0 unspecified atom stereocenters. The van der Waals surface area contributed by atoms with Crippen LogP contribution in [-0.4, -0.2) is 42.0 Å². The average Bonchev–Trinajstić information content (AvgIpc) is 3.00. The lowest BCUT2D eigenvalue weighted by atomic mass is 10.1. The molecule has 0 saturated heterocycles. The first-order valence-corrected chi connectivity index (χ1v) is 9.91. The third kappa shape index (κ3) is 3.30. The largest absolute Gasteiger partial charge is 0.352 e. The van der Waals surface area contributed by atoms with Gasteiger partial charge in [-0.3, -0.25) is 14.5 Å². The van der Waals surface area contributed by atoms with E-state index in [4.69, 9.17) is 0 Å². The van der Waals surface area contributed by atoms with Gasteiger partial charge in [-0.15, -0.1) is 0 Å². The molecule has 0 spiro atoms. The number of amides is 2. The van der Waals surface area contributed by atoms with E-state index in [0.29, 0.717) is 11.1 Å². The first-order valence-electron chi connectivity index (χ1n) is 8.25. The van der Waals surface area contributed by atoms with E-state index in [2.05, 4.69) is 4.72 Å². The Hall–Kier alpha value is -2.45. The summed E-state index contributed by atoms with van der Waals surface area (Å²) in [7, 11) is -1.71. The van der Waals surface area contributed by atoms with Gasteiger partial charge in [0.1, 0.15) is 0 Å². The van der Waals surface area contributed by atoms with E-state index in [1.54, 1.807) is 24.3 Å². The Morgan fingerprint density at radius 3 is 2.12 bits per heavy atom. The summed E-state index contributed by atoms with van der Waals surface area (Å²) in [4.78, 5) is 25.5. The summed E-state index contributed by atoms with van der Waals surface area (Å²) in [6.45, 7) is 3.88. The summed E-state index contributed by atoms with van der Waals surface area (Å²) in [6, 6.07) is 8.43. The fourth-order valence-corrected chi connectivity index (χ4v) is 3.97. The van der Waals surface area contributed by atoms with Crippen molar-refractivity contribution in [3.05, 3.63) is 58.4 Å². The Balaban J connectivity index is 1.63. The lowest BCUT2D eigenvalue weighted by Gasteiger charge is -2.14. The van der Waals surface area contributed by atoms with Crippen LogP contribution in [0.25, 0.3) is 0 Å². The van der Waals surface area contributed by atoms with E-state index >= 15 is 0 Å². The van der Waals surface area contributed by atoms with Gasteiger partial charge in [0.15, 0.2) is 0 Å². The Kier molecular flexibility index (Phi) is 4.72. The summed E-state index contributed by atoms with van der Waals surface area (Å²) in [6.07, 6.45) is 0. The molecule has 0 radical (unpaired) electrons. The zero-order valence-corrected chi connectivity index (χ0v) is 15.8. The minimum atomic E-state index is -3.63. The Morgan fingerprint density at radius 2 is 1.62 bits per heavy atom. The fourth-order valence-electron chi connectivity index (χ4n) is 3.03. The number of aromatic nitrogens is 1. The van der Waals surface area contributed by atoms with Crippen molar-refractivity contribution in [1.29, 1.82) is 0 Å². The molecule has 1 N–H and O–H groups in total. The number of fused-ring (bicyclic) bond motifs is 1. The number of sulfonamides is 1. The van der Waals surface area contributed by atoms with E-state index in [9.17, 15) is 18.0 Å². The Labute approximate surface area is 152 Å². The molecule has 8 heteroatoms. The molecule has 2 amide bonds. The van der Waals surface area contributed by atoms with Crippen LogP contribution in [0.3, 0.4) is 0 Å². The molecular formula is C18H21N3O4S. The number of carbonyl (C=O) groups is 2. The number of hydrogen-bond donors (Lipinski definition) is 1. The van der Waals surface area contributed by atoms with Crippen LogP contribution in [0.1, 0.15) is 37.7 Å². The first kappa shape index (κ1) is 18.3. The van der Waals surface area contributed by atoms with Crippen molar-refractivity contribution in [3.8, 4) is 0 Å². The highest BCUT2D eigenvalue weighted by Crippen LogP contribution is 2.22. The first-order chi connectivity index (χ1) is 12.2. The second-order valence-electron chi connectivity index (χ2n) is 6.40. The second kappa shape index (κ2) is 6.69. The standard InChI is InChI=1S/C18H21N3O4S/c1-12-10-14(13(2)20(12)3)11-19-26(24,25)9-8-21-17(22)15-6-4-5-7-16(15)18(21)23/h4-7,10,19H,8-9,11H2,1-3H3. The van der Waals surface area contributed by atoms with Crippen molar-refractivity contribution in [2.45, 2.75) is 20.4 Å². The zero-order chi connectivity index (χ0) is 19.1. The molecule has 0 fully saturated rings. The number of aryl methyl sites for hydroxylation is 1. The van der Waals surface area contributed by atoms with Gasteiger partial charge in [0.2, 0.25) is 10.0 Å². The number of hydrogen-bond acceptors (Lipinski definition) is 4. The summed E-state index contributed by atoms with van der Waals surface area (Å²) >= 11 is 0. The van der Waals surface area contributed by atoms with Gasteiger partial charge in [-0.1, -0.05) is 12.1 Å². The van der Waals surface area contributed by atoms with Crippen LogP contribution in [-0.2, 0) is 23.6 Å². The number of nitrogens with zero attached hydrogens (tertiary/aromatic N) is 2. The predicted molar refractivity (Wildman–Crippen MR) is 97.3 cm³/mol. The van der Waals surface area contributed by atoms with Crippen LogP contribution >= 0.6 is 0 Å². The smallest absolute Gasteiger partial charge is 0.261 e. The molecule has 0 atom stereocenters. The van der Waals surface area contributed by atoms with E-state index in [-0.39, 0.29) is 18.8 Å². The van der Waals surface area contributed by atoms with Crippen molar-refractivity contribution in [2.75, 3.05) is 12.3 Å². The highest BCUT2D eigenvalue weighted by atomic mass is 32.2. The topological polar surface area (TPSA) is 88.5 Å². The van der Waals surface area contributed by atoms with Crippen molar-refractivity contribution in [2.24, 2.45) is 7.05 Å². The number of carbonyl (C=O) groups excluding carboxylic acids is 2. The van der Waals surface area contributed by atoms with Gasteiger partial charge in [-0.2, -0.15) is 0 Å². The maximum atomic E-state index is 12.3. The minimum absolute atomic E-state index is 0.172. The molecule has 0 saturated carbocycles. The Bertz CT molecular complexity index is 957. The molecule has 3 rings (SSSR count). The molecule has 0 aliphatic carbocycles. The number of imide groups is 1. The normalized spacial score (nSPS) is 14.2. The van der Waals surface area contributed by atoms with Crippen molar-refractivity contribution >= 4 is 21.8 Å². The summed E-state index contributed by atoms with van der Waals surface area (Å²) < 4.78 is 29.1. The number of benzene rings is 1. The fraction of sp³-hybridized carbons (Fsp3) is 0.333. The van der Waals surface area contributed by atoms with Crippen LogP contribution in [0.4, 0.5) is 0 Å². The quantitative estimate of drug-likeness (QED) is 0.772. The molecule has 7 nitrogen and oxygen atoms in total. The highest BCUT2D eigenvalue weighted by molar-refractivity contribution is 7.89. The van der Waals surface area contributed by atoms with Crippen LogP contribution in [0.2, 0.25) is 0 Å². The van der Waals surface area contributed by atoms with Crippen molar-refractivity contribution in [1.82, 2.24) is 14.2 Å². The number of rotatable bonds is 6. The lowest BCUT2D eigenvalue weighted by Crippen LogP contribution is -2.37. The SMILES string of the molecule is Cc1cc(CNS(=O)(=O)CCN2C(=O)c3ccccc3C2=O)c(C)n1C. The molecule has 1 aliphatic heterocycles.